The van der Waals surface area contributed by atoms with Crippen LogP contribution >= 0.6 is 11.3 Å². The van der Waals surface area contributed by atoms with Gasteiger partial charge in [0.1, 0.15) is 0 Å². The van der Waals surface area contributed by atoms with Gasteiger partial charge in [0, 0.05) is 17.5 Å². The molecule has 0 fully saturated rings. The molecule has 0 aliphatic heterocycles. The molecule has 108 valence electrons. The number of likely N-dealkylation sites (N-methyl/N-ethyl adjacent to an activating group) is 1. The monoisotopic (exact) mass is 288 g/mol. The average Bonchev–Trinajstić information content (AvgIpc) is 3.01. The van der Waals surface area contributed by atoms with E-state index in [1.54, 1.807) is 0 Å². The fourth-order valence-electron chi connectivity index (χ4n) is 2.57. The molecule has 0 saturated carbocycles. The molecule has 0 aliphatic carbocycles. The van der Waals surface area contributed by atoms with Crippen molar-refractivity contribution < 1.29 is 0 Å². The Labute approximate surface area is 126 Å². The number of thiophene rings is 1. The van der Waals surface area contributed by atoms with Crippen molar-refractivity contribution >= 4 is 11.3 Å². The Morgan fingerprint density at radius 3 is 2.40 bits per heavy atom. The smallest absolute Gasteiger partial charge is 0.0596 e. The third-order valence-corrected chi connectivity index (χ3v) is 4.68. The van der Waals surface area contributed by atoms with Crippen molar-refractivity contribution in [3.05, 3.63) is 58.3 Å². The molecule has 2 rings (SSSR count). The van der Waals surface area contributed by atoms with Crippen LogP contribution in [0.5, 0.6) is 0 Å². The van der Waals surface area contributed by atoms with Crippen molar-refractivity contribution in [1.29, 1.82) is 0 Å². The number of hydrogen-bond donors (Lipinski definition) is 1. The van der Waals surface area contributed by atoms with E-state index in [0.29, 0.717) is 6.04 Å². The van der Waals surface area contributed by atoms with Crippen LogP contribution in [0, 0.1) is 0 Å². The normalized spacial score (nSPS) is 14.4. The van der Waals surface area contributed by atoms with E-state index in [4.69, 9.17) is 5.73 Å². The topological polar surface area (TPSA) is 29.3 Å². The molecule has 0 amide bonds. The summed E-state index contributed by atoms with van der Waals surface area (Å²) in [6.45, 7) is 6.34. The maximum Gasteiger partial charge on any atom is 0.0596 e. The summed E-state index contributed by atoms with van der Waals surface area (Å²) in [5.74, 6) is 0. The minimum absolute atomic E-state index is 0.178. The molecule has 0 spiro atoms. The highest BCUT2D eigenvalue weighted by atomic mass is 32.1. The lowest BCUT2D eigenvalue weighted by molar-refractivity contribution is 0.172. The van der Waals surface area contributed by atoms with Crippen LogP contribution in [-0.2, 0) is 6.54 Å². The van der Waals surface area contributed by atoms with Gasteiger partial charge in [0.25, 0.3) is 0 Å². The van der Waals surface area contributed by atoms with Gasteiger partial charge in [-0.3, -0.25) is 4.90 Å². The first-order valence-electron chi connectivity index (χ1n) is 7.33. The first-order chi connectivity index (χ1) is 9.76. The average molecular weight is 288 g/mol. The molecular formula is C17H24N2S. The molecule has 0 aliphatic rings. The molecule has 3 heteroatoms. The molecule has 2 N–H and O–H groups in total. The zero-order valence-corrected chi connectivity index (χ0v) is 13.1. The van der Waals surface area contributed by atoms with Gasteiger partial charge in [-0.15, -0.1) is 11.3 Å². The molecule has 2 nitrogen and oxygen atoms in total. The molecule has 1 heterocycles. The van der Waals surface area contributed by atoms with Crippen molar-refractivity contribution in [2.45, 2.75) is 38.9 Å². The second kappa shape index (κ2) is 7.58. The van der Waals surface area contributed by atoms with Crippen LogP contribution in [0.2, 0.25) is 0 Å². The second-order valence-corrected chi connectivity index (χ2v) is 6.06. The molecule has 1 aromatic carbocycles. The molecule has 1 aromatic heterocycles. The van der Waals surface area contributed by atoms with E-state index >= 15 is 0 Å². The maximum atomic E-state index is 6.40. The van der Waals surface area contributed by atoms with Crippen molar-refractivity contribution in [1.82, 2.24) is 4.90 Å². The largest absolute Gasteiger partial charge is 0.326 e. The van der Waals surface area contributed by atoms with E-state index < -0.39 is 0 Å². The van der Waals surface area contributed by atoms with E-state index in [1.165, 1.54) is 10.4 Å². The molecular weight excluding hydrogens is 264 g/mol. The zero-order valence-electron chi connectivity index (χ0n) is 12.3. The fourth-order valence-corrected chi connectivity index (χ4v) is 3.50. The van der Waals surface area contributed by atoms with Crippen LogP contribution in [0.25, 0.3) is 0 Å². The van der Waals surface area contributed by atoms with E-state index in [9.17, 15) is 0 Å². The summed E-state index contributed by atoms with van der Waals surface area (Å²) in [5, 5.41) is 2.14. The van der Waals surface area contributed by atoms with Crippen LogP contribution in [0.1, 0.15) is 36.8 Å². The van der Waals surface area contributed by atoms with Crippen LogP contribution in [0.15, 0.2) is 47.8 Å². The Kier molecular flexibility index (Phi) is 5.77. The number of hydrogen-bond acceptors (Lipinski definition) is 3. The van der Waals surface area contributed by atoms with Gasteiger partial charge in [0.2, 0.25) is 0 Å². The maximum absolute atomic E-state index is 6.40. The molecule has 0 saturated heterocycles. The summed E-state index contributed by atoms with van der Waals surface area (Å²) >= 11 is 1.81. The lowest BCUT2D eigenvalue weighted by Crippen LogP contribution is -2.40. The highest BCUT2D eigenvalue weighted by Gasteiger charge is 2.25. The Balaban J connectivity index is 2.21. The fraction of sp³-hybridized carbons (Fsp3) is 0.412. The highest BCUT2D eigenvalue weighted by Crippen LogP contribution is 2.29. The van der Waals surface area contributed by atoms with Gasteiger partial charge in [-0.05, 0) is 30.0 Å². The molecule has 0 bridgehead atoms. The summed E-state index contributed by atoms with van der Waals surface area (Å²) in [7, 11) is 0. The summed E-state index contributed by atoms with van der Waals surface area (Å²) in [4.78, 5) is 3.85. The first kappa shape index (κ1) is 15.2. The van der Waals surface area contributed by atoms with Crippen molar-refractivity contribution in [2.75, 3.05) is 6.54 Å². The van der Waals surface area contributed by atoms with E-state index in [0.717, 1.165) is 19.5 Å². The van der Waals surface area contributed by atoms with E-state index in [-0.39, 0.29) is 6.04 Å². The minimum atomic E-state index is 0.178. The standard InChI is InChI=1S/C17H24N2S/c1-3-15(18)17(16-11-8-12-20-16)19(4-2)13-14-9-6-5-7-10-14/h5-12,15,17H,3-4,13,18H2,1-2H3. The summed E-state index contributed by atoms with van der Waals surface area (Å²) in [5.41, 5.74) is 7.75. The molecule has 0 radical (unpaired) electrons. The quantitative estimate of drug-likeness (QED) is 0.833. The van der Waals surface area contributed by atoms with Gasteiger partial charge >= 0.3 is 0 Å². The minimum Gasteiger partial charge on any atom is -0.326 e. The lowest BCUT2D eigenvalue weighted by Gasteiger charge is -2.34. The highest BCUT2D eigenvalue weighted by molar-refractivity contribution is 7.10. The number of rotatable bonds is 7. The van der Waals surface area contributed by atoms with Crippen LogP contribution in [-0.4, -0.2) is 17.5 Å². The molecule has 20 heavy (non-hydrogen) atoms. The van der Waals surface area contributed by atoms with Gasteiger partial charge in [-0.1, -0.05) is 50.2 Å². The zero-order chi connectivity index (χ0) is 14.4. The molecule has 2 unspecified atom stereocenters. The number of nitrogens with zero attached hydrogens (tertiary/aromatic N) is 1. The van der Waals surface area contributed by atoms with E-state index in [1.807, 2.05) is 11.3 Å². The summed E-state index contributed by atoms with van der Waals surface area (Å²) in [6, 6.07) is 15.4. The van der Waals surface area contributed by atoms with E-state index in [2.05, 4.69) is 66.6 Å². The first-order valence-corrected chi connectivity index (χ1v) is 8.21. The predicted octanol–water partition coefficient (Wildman–Crippen LogP) is 4.05. The van der Waals surface area contributed by atoms with Crippen molar-refractivity contribution in [2.24, 2.45) is 5.73 Å². The molecule has 2 atom stereocenters. The van der Waals surface area contributed by atoms with Gasteiger partial charge in [0.05, 0.1) is 6.04 Å². The van der Waals surface area contributed by atoms with Crippen molar-refractivity contribution in [3.8, 4) is 0 Å². The number of nitrogens with two attached hydrogens (primary N) is 1. The van der Waals surface area contributed by atoms with Crippen LogP contribution in [0.3, 0.4) is 0 Å². The summed E-state index contributed by atoms with van der Waals surface area (Å²) < 4.78 is 0. The SMILES string of the molecule is CCC(N)C(c1cccs1)N(CC)Cc1ccccc1. The Bertz CT molecular complexity index is 481. The van der Waals surface area contributed by atoms with Gasteiger partial charge in [-0.2, -0.15) is 0 Å². The molecule has 2 aromatic rings. The van der Waals surface area contributed by atoms with Crippen molar-refractivity contribution in [3.63, 3.8) is 0 Å². The van der Waals surface area contributed by atoms with Crippen LogP contribution in [0.4, 0.5) is 0 Å². The third-order valence-electron chi connectivity index (χ3n) is 3.74. The lowest BCUT2D eigenvalue weighted by atomic mass is 10.0. The Hall–Kier alpha value is -1.16. The predicted molar refractivity (Wildman–Crippen MR) is 87.9 cm³/mol. The van der Waals surface area contributed by atoms with Gasteiger partial charge < -0.3 is 5.73 Å². The Morgan fingerprint density at radius 1 is 1.10 bits per heavy atom. The second-order valence-electron chi connectivity index (χ2n) is 5.08. The Morgan fingerprint density at radius 2 is 1.85 bits per heavy atom. The van der Waals surface area contributed by atoms with Gasteiger partial charge in [0.15, 0.2) is 0 Å². The third kappa shape index (κ3) is 3.69. The van der Waals surface area contributed by atoms with Gasteiger partial charge in [-0.25, -0.2) is 0 Å². The number of benzene rings is 1. The summed E-state index contributed by atoms with van der Waals surface area (Å²) in [6.07, 6.45) is 0.994. The van der Waals surface area contributed by atoms with Crippen LogP contribution < -0.4 is 5.73 Å².